The average molecular weight is 521 g/mol. The number of hydrogen-bond acceptors (Lipinski definition) is 7. The molecule has 3 N–H and O–H groups in total. The van der Waals surface area contributed by atoms with Crippen LogP contribution < -0.4 is 15.4 Å². The summed E-state index contributed by atoms with van der Waals surface area (Å²) >= 11 is 0. The van der Waals surface area contributed by atoms with E-state index in [1.165, 1.54) is 11.0 Å². The van der Waals surface area contributed by atoms with E-state index in [4.69, 9.17) is 4.74 Å². The van der Waals surface area contributed by atoms with Gasteiger partial charge in [-0.25, -0.2) is 17.6 Å². The van der Waals surface area contributed by atoms with E-state index in [-0.39, 0.29) is 37.8 Å². The quantitative estimate of drug-likeness (QED) is 0.486. The zero-order valence-corrected chi connectivity index (χ0v) is 20.5. The summed E-state index contributed by atoms with van der Waals surface area (Å²) in [6.07, 6.45) is 2.53. The van der Waals surface area contributed by atoms with Crippen LogP contribution in [0.3, 0.4) is 0 Å². The fraction of sp³-hybridized carbons (Fsp3) is 0.625. The summed E-state index contributed by atoms with van der Waals surface area (Å²) in [6, 6.07) is 4.06. The van der Waals surface area contributed by atoms with Crippen molar-refractivity contribution in [1.29, 1.82) is 0 Å². The first-order valence-electron chi connectivity index (χ1n) is 12.5. The summed E-state index contributed by atoms with van der Waals surface area (Å²) < 4.78 is 46.4. The van der Waals surface area contributed by atoms with E-state index >= 15 is 0 Å². The lowest BCUT2D eigenvalue weighted by molar-refractivity contribution is -0.130. The van der Waals surface area contributed by atoms with Gasteiger partial charge in [0.15, 0.2) is 0 Å². The Bertz CT molecular complexity index is 1230. The third kappa shape index (κ3) is 4.34. The van der Waals surface area contributed by atoms with Gasteiger partial charge in [0.25, 0.3) is 5.91 Å². The van der Waals surface area contributed by atoms with E-state index < -0.39 is 50.9 Å². The second kappa shape index (κ2) is 8.41. The lowest BCUT2D eigenvalue weighted by Gasteiger charge is -2.22. The summed E-state index contributed by atoms with van der Waals surface area (Å²) in [5.74, 6) is -1.16. The highest BCUT2D eigenvalue weighted by atomic mass is 32.2. The molecule has 0 unspecified atom stereocenters. The second-order valence-electron chi connectivity index (χ2n) is 10.7. The minimum absolute atomic E-state index is 0.0666. The Balaban J connectivity index is 1.05. The third-order valence-electron chi connectivity index (χ3n) is 8.01. The summed E-state index contributed by atoms with van der Waals surface area (Å²) in [4.78, 5) is 40.2. The highest BCUT2D eigenvalue weighted by Crippen LogP contribution is 2.57. The zero-order chi connectivity index (χ0) is 25.2. The molecule has 3 amide bonds. The Labute approximate surface area is 208 Å². The van der Waals surface area contributed by atoms with Crippen molar-refractivity contribution in [2.24, 2.45) is 11.8 Å². The highest BCUT2D eigenvalue weighted by molar-refractivity contribution is 7.91. The SMILES string of the molecule is O=C(N[C@]1(C(=O)NS(=O)(=O)C2CC2)C[C@H]1C1CC1)[C@@H]1C[C@@H](OC(=O)N2Cc3cccc(F)c3C2)CN1. The topological polar surface area (TPSA) is 134 Å². The predicted molar refractivity (Wildman–Crippen MR) is 124 cm³/mol. The standard InChI is InChI=1S/C24H29FN4O6S/c25-19-3-1-2-14-11-29(12-17(14)19)23(32)35-15-8-20(26-10-15)21(30)27-24(9-18(24)13-4-5-13)22(31)28-36(33,34)16-6-7-16/h1-3,13,15-16,18,20,26H,4-12H2,(H,27,30)(H,28,31)/t15-,18+,20+,24-/m1/s1. The van der Waals surface area contributed by atoms with Crippen molar-refractivity contribution in [3.63, 3.8) is 0 Å². The third-order valence-corrected chi connectivity index (χ3v) is 9.83. The summed E-state index contributed by atoms with van der Waals surface area (Å²) in [7, 11) is -3.72. The molecule has 2 aliphatic heterocycles. The Kier molecular flexibility index (Phi) is 5.52. The van der Waals surface area contributed by atoms with Crippen LogP contribution in [0.1, 0.15) is 49.7 Å². The molecular weight excluding hydrogens is 491 g/mol. The monoisotopic (exact) mass is 520 g/mol. The van der Waals surface area contributed by atoms with E-state index in [9.17, 15) is 27.2 Å². The molecule has 0 aromatic heterocycles. The van der Waals surface area contributed by atoms with Gasteiger partial charge in [-0.3, -0.25) is 19.2 Å². The van der Waals surface area contributed by atoms with Crippen molar-refractivity contribution in [3.8, 4) is 0 Å². The van der Waals surface area contributed by atoms with Crippen LogP contribution in [-0.4, -0.2) is 60.7 Å². The molecule has 10 nitrogen and oxygen atoms in total. The van der Waals surface area contributed by atoms with Gasteiger partial charge in [-0.1, -0.05) is 12.1 Å². The van der Waals surface area contributed by atoms with Gasteiger partial charge in [-0.2, -0.15) is 0 Å². The Hall–Kier alpha value is -2.73. The van der Waals surface area contributed by atoms with E-state index in [2.05, 4.69) is 15.4 Å². The molecule has 1 saturated heterocycles. The molecule has 0 spiro atoms. The van der Waals surface area contributed by atoms with Gasteiger partial charge < -0.3 is 15.4 Å². The maximum Gasteiger partial charge on any atom is 0.410 e. The highest BCUT2D eigenvalue weighted by Gasteiger charge is 2.66. The zero-order valence-electron chi connectivity index (χ0n) is 19.7. The van der Waals surface area contributed by atoms with Crippen LogP contribution in [0.25, 0.3) is 0 Å². The van der Waals surface area contributed by atoms with E-state index in [0.717, 1.165) is 18.4 Å². The van der Waals surface area contributed by atoms with E-state index in [1.54, 1.807) is 12.1 Å². The van der Waals surface area contributed by atoms with Crippen LogP contribution in [0, 0.1) is 17.7 Å². The van der Waals surface area contributed by atoms with Crippen molar-refractivity contribution >= 4 is 27.9 Å². The maximum atomic E-state index is 14.0. The molecule has 2 heterocycles. The number of fused-ring (bicyclic) bond motifs is 1. The predicted octanol–water partition coefficient (Wildman–Crippen LogP) is 0.902. The van der Waals surface area contributed by atoms with Gasteiger partial charge in [-0.05, 0) is 55.6 Å². The molecule has 0 bridgehead atoms. The fourth-order valence-corrected chi connectivity index (χ4v) is 6.89. The number of hydrogen-bond donors (Lipinski definition) is 3. The van der Waals surface area contributed by atoms with Crippen LogP contribution in [0.2, 0.25) is 0 Å². The first-order chi connectivity index (χ1) is 17.2. The van der Waals surface area contributed by atoms with Crippen molar-refractivity contribution < 1.29 is 31.9 Å². The fourth-order valence-electron chi connectivity index (χ4n) is 5.53. The molecule has 0 radical (unpaired) electrons. The number of carbonyl (C=O) groups excluding carboxylic acids is 3. The van der Waals surface area contributed by atoms with Gasteiger partial charge in [0, 0.05) is 25.1 Å². The lowest BCUT2D eigenvalue weighted by Crippen LogP contribution is -2.55. The molecule has 36 heavy (non-hydrogen) atoms. The molecule has 12 heteroatoms. The van der Waals surface area contributed by atoms with Crippen LogP contribution in [0.15, 0.2) is 18.2 Å². The van der Waals surface area contributed by atoms with Crippen LogP contribution in [0.4, 0.5) is 9.18 Å². The molecule has 194 valence electrons. The molecule has 3 aliphatic carbocycles. The number of nitrogens with one attached hydrogen (secondary N) is 3. The second-order valence-corrected chi connectivity index (χ2v) is 12.7. The number of sulfonamides is 1. The number of nitrogens with zero attached hydrogens (tertiary/aromatic N) is 1. The molecule has 1 aromatic rings. The number of rotatable bonds is 7. The Morgan fingerprint density at radius 3 is 2.61 bits per heavy atom. The molecule has 1 aromatic carbocycles. The van der Waals surface area contributed by atoms with Crippen molar-refractivity contribution in [1.82, 2.24) is 20.3 Å². The number of halogens is 1. The number of ether oxygens (including phenoxy) is 1. The first kappa shape index (κ1) is 23.7. The van der Waals surface area contributed by atoms with Gasteiger partial charge in [-0.15, -0.1) is 0 Å². The molecule has 5 aliphatic rings. The largest absolute Gasteiger partial charge is 0.445 e. The first-order valence-corrected chi connectivity index (χ1v) is 14.0. The lowest BCUT2D eigenvalue weighted by atomic mass is 10.1. The maximum absolute atomic E-state index is 14.0. The molecule has 6 rings (SSSR count). The van der Waals surface area contributed by atoms with E-state index in [0.29, 0.717) is 30.7 Å². The number of carbonyl (C=O) groups is 3. The van der Waals surface area contributed by atoms with Gasteiger partial charge in [0.2, 0.25) is 15.9 Å². The molecule has 4 atom stereocenters. The van der Waals surface area contributed by atoms with Crippen molar-refractivity contribution in [2.45, 2.75) is 74.5 Å². The number of amides is 3. The minimum atomic E-state index is -3.72. The van der Waals surface area contributed by atoms with Crippen LogP contribution in [0.5, 0.6) is 0 Å². The summed E-state index contributed by atoms with van der Waals surface area (Å²) in [5, 5.41) is 5.35. The molecular formula is C24H29FN4O6S. The smallest absolute Gasteiger partial charge is 0.410 e. The van der Waals surface area contributed by atoms with Gasteiger partial charge in [0.1, 0.15) is 17.5 Å². The van der Waals surface area contributed by atoms with Gasteiger partial charge in [0.05, 0.1) is 17.8 Å². The molecule has 3 saturated carbocycles. The van der Waals surface area contributed by atoms with Crippen molar-refractivity contribution in [2.75, 3.05) is 6.54 Å². The number of benzene rings is 1. The van der Waals surface area contributed by atoms with Crippen LogP contribution >= 0.6 is 0 Å². The van der Waals surface area contributed by atoms with Crippen LogP contribution in [-0.2, 0) is 37.4 Å². The normalized spacial score (nSPS) is 31.0. The van der Waals surface area contributed by atoms with E-state index in [1.807, 2.05) is 0 Å². The molecule has 4 fully saturated rings. The average Bonchev–Trinajstić information content (AvgIpc) is 3.73. The minimum Gasteiger partial charge on any atom is -0.445 e. The van der Waals surface area contributed by atoms with Gasteiger partial charge >= 0.3 is 6.09 Å². The summed E-state index contributed by atoms with van der Waals surface area (Å²) in [5.41, 5.74) is 0.0241. The van der Waals surface area contributed by atoms with Crippen molar-refractivity contribution in [3.05, 3.63) is 35.1 Å². The Morgan fingerprint density at radius 1 is 1.14 bits per heavy atom. The Morgan fingerprint density at radius 2 is 1.92 bits per heavy atom. The summed E-state index contributed by atoms with van der Waals surface area (Å²) in [6.45, 7) is 0.662.